The first-order valence-electron chi connectivity index (χ1n) is 7.63. The standard InChI is InChI=1S/C18H30O/c1-14(2)9-7-6-8-10-15-11-12-17(19)16(13-15)18(3,4)5/h11-14,19H,6-10H2,1-5H3. The average molecular weight is 262 g/mol. The fourth-order valence-corrected chi connectivity index (χ4v) is 2.40. The maximum absolute atomic E-state index is 9.94. The van der Waals surface area contributed by atoms with Gasteiger partial charge in [-0.1, -0.05) is 66.0 Å². The number of phenolic OH excluding ortho intramolecular Hbond substituents is 1. The second-order valence-electron chi connectivity index (χ2n) is 7.09. The molecular formula is C18H30O. The Kier molecular flexibility index (Phi) is 5.90. The highest BCUT2D eigenvalue weighted by Crippen LogP contribution is 2.31. The van der Waals surface area contributed by atoms with Crippen LogP contribution in [0.4, 0.5) is 0 Å². The van der Waals surface area contributed by atoms with Gasteiger partial charge in [-0.15, -0.1) is 0 Å². The molecule has 0 fully saturated rings. The van der Waals surface area contributed by atoms with Crippen LogP contribution in [-0.2, 0) is 11.8 Å². The van der Waals surface area contributed by atoms with E-state index in [1.807, 2.05) is 6.07 Å². The van der Waals surface area contributed by atoms with Gasteiger partial charge in [0.1, 0.15) is 5.75 Å². The molecule has 1 aromatic carbocycles. The molecule has 1 aromatic rings. The molecule has 19 heavy (non-hydrogen) atoms. The molecule has 0 saturated carbocycles. The zero-order valence-corrected chi connectivity index (χ0v) is 13.3. The van der Waals surface area contributed by atoms with Gasteiger partial charge in [-0.2, -0.15) is 0 Å². The summed E-state index contributed by atoms with van der Waals surface area (Å²) >= 11 is 0. The summed E-state index contributed by atoms with van der Waals surface area (Å²) in [5, 5.41) is 9.94. The fraction of sp³-hybridized carbons (Fsp3) is 0.667. The molecule has 0 unspecified atom stereocenters. The Balaban J connectivity index is 2.51. The van der Waals surface area contributed by atoms with Gasteiger partial charge in [0.2, 0.25) is 0 Å². The lowest BCUT2D eigenvalue weighted by molar-refractivity contribution is 0.446. The van der Waals surface area contributed by atoms with Gasteiger partial charge in [0.15, 0.2) is 0 Å². The number of rotatable bonds is 6. The van der Waals surface area contributed by atoms with Gasteiger partial charge >= 0.3 is 0 Å². The molecule has 0 aliphatic rings. The predicted octanol–water partition coefficient (Wildman–Crippen LogP) is 5.45. The highest BCUT2D eigenvalue weighted by molar-refractivity contribution is 5.40. The van der Waals surface area contributed by atoms with Crippen molar-refractivity contribution in [3.05, 3.63) is 29.3 Å². The molecule has 0 aliphatic heterocycles. The fourth-order valence-electron chi connectivity index (χ4n) is 2.40. The monoisotopic (exact) mass is 262 g/mol. The Morgan fingerprint density at radius 1 is 1.05 bits per heavy atom. The Morgan fingerprint density at radius 2 is 1.74 bits per heavy atom. The van der Waals surface area contributed by atoms with Gasteiger partial charge in [0, 0.05) is 0 Å². The Hall–Kier alpha value is -0.980. The molecule has 1 rings (SSSR count). The molecule has 0 aliphatic carbocycles. The van der Waals surface area contributed by atoms with E-state index in [0.29, 0.717) is 5.75 Å². The van der Waals surface area contributed by atoms with Crippen LogP contribution in [0.25, 0.3) is 0 Å². The van der Waals surface area contributed by atoms with E-state index in [1.54, 1.807) is 0 Å². The van der Waals surface area contributed by atoms with Crippen molar-refractivity contribution in [2.45, 2.75) is 72.1 Å². The quantitative estimate of drug-likeness (QED) is 0.676. The van der Waals surface area contributed by atoms with Crippen LogP contribution >= 0.6 is 0 Å². The third-order valence-electron chi connectivity index (χ3n) is 3.62. The highest BCUT2D eigenvalue weighted by Gasteiger charge is 2.18. The molecule has 108 valence electrons. The van der Waals surface area contributed by atoms with Crippen molar-refractivity contribution < 1.29 is 5.11 Å². The van der Waals surface area contributed by atoms with Crippen molar-refractivity contribution in [3.8, 4) is 5.75 Å². The summed E-state index contributed by atoms with van der Waals surface area (Å²) in [4.78, 5) is 0. The van der Waals surface area contributed by atoms with E-state index in [1.165, 1.54) is 31.2 Å². The van der Waals surface area contributed by atoms with Gasteiger partial charge in [-0.3, -0.25) is 0 Å². The molecule has 0 spiro atoms. The third kappa shape index (κ3) is 5.67. The van der Waals surface area contributed by atoms with Gasteiger partial charge in [0.25, 0.3) is 0 Å². The van der Waals surface area contributed by atoms with E-state index in [2.05, 4.69) is 46.8 Å². The smallest absolute Gasteiger partial charge is 0.119 e. The zero-order valence-electron chi connectivity index (χ0n) is 13.3. The third-order valence-corrected chi connectivity index (χ3v) is 3.62. The normalized spacial score (nSPS) is 12.1. The summed E-state index contributed by atoms with van der Waals surface area (Å²) in [6.07, 6.45) is 6.36. The van der Waals surface area contributed by atoms with E-state index >= 15 is 0 Å². The van der Waals surface area contributed by atoms with Crippen LogP contribution in [0.15, 0.2) is 18.2 Å². The summed E-state index contributed by atoms with van der Waals surface area (Å²) in [6.45, 7) is 11.0. The molecule has 0 atom stereocenters. The lowest BCUT2D eigenvalue weighted by Crippen LogP contribution is -2.11. The summed E-state index contributed by atoms with van der Waals surface area (Å²) in [5.41, 5.74) is 2.43. The summed E-state index contributed by atoms with van der Waals surface area (Å²) in [7, 11) is 0. The van der Waals surface area contributed by atoms with E-state index in [4.69, 9.17) is 0 Å². The summed E-state index contributed by atoms with van der Waals surface area (Å²) < 4.78 is 0. The van der Waals surface area contributed by atoms with Crippen molar-refractivity contribution in [3.63, 3.8) is 0 Å². The zero-order chi connectivity index (χ0) is 14.5. The SMILES string of the molecule is CC(C)CCCCCc1ccc(O)c(C(C)(C)C)c1. The van der Waals surface area contributed by atoms with Crippen molar-refractivity contribution in [2.24, 2.45) is 5.92 Å². The van der Waals surface area contributed by atoms with Gasteiger partial charge < -0.3 is 5.11 Å². The van der Waals surface area contributed by atoms with Crippen molar-refractivity contribution in [2.75, 3.05) is 0 Å². The molecular weight excluding hydrogens is 232 g/mol. The van der Waals surface area contributed by atoms with Crippen LogP contribution in [0, 0.1) is 5.92 Å². The minimum absolute atomic E-state index is 0.0116. The molecule has 1 heteroatoms. The van der Waals surface area contributed by atoms with E-state index in [-0.39, 0.29) is 5.41 Å². The molecule has 0 amide bonds. The topological polar surface area (TPSA) is 20.2 Å². The number of phenols is 1. The molecule has 0 aromatic heterocycles. The minimum atomic E-state index is 0.0116. The van der Waals surface area contributed by atoms with Crippen molar-refractivity contribution >= 4 is 0 Å². The van der Waals surface area contributed by atoms with Crippen molar-refractivity contribution in [1.82, 2.24) is 0 Å². The minimum Gasteiger partial charge on any atom is -0.508 e. The van der Waals surface area contributed by atoms with E-state index in [0.717, 1.165) is 17.9 Å². The van der Waals surface area contributed by atoms with Crippen molar-refractivity contribution in [1.29, 1.82) is 0 Å². The lowest BCUT2D eigenvalue weighted by Gasteiger charge is -2.21. The molecule has 0 heterocycles. The summed E-state index contributed by atoms with van der Waals surface area (Å²) in [6, 6.07) is 6.09. The van der Waals surface area contributed by atoms with Crippen LogP contribution in [0.3, 0.4) is 0 Å². The first-order chi connectivity index (χ1) is 8.80. The molecule has 0 bridgehead atoms. The van der Waals surface area contributed by atoms with Crippen LogP contribution in [-0.4, -0.2) is 5.11 Å². The Morgan fingerprint density at radius 3 is 2.32 bits per heavy atom. The maximum atomic E-state index is 9.94. The molecule has 1 nitrogen and oxygen atoms in total. The van der Waals surface area contributed by atoms with Crippen LogP contribution in [0.1, 0.15) is 71.4 Å². The second-order valence-corrected chi connectivity index (χ2v) is 7.09. The maximum Gasteiger partial charge on any atom is 0.119 e. The summed E-state index contributed by atoms with van der Waals surface area (Å²) in [5.74, 6) is 1.25. The number of aromatic hydroxyl groups is 1. The molecule has 0 saturated heterocycles. The van der Waals surface area contributed by atoms with Gasteiger partial charge in [0.05, 0.1) is 0 Å². The largest absolute Gasteiger partial charge is 0.508 e. The number of unbranched alkanes of at least 4 members (excludes halogenated alkanes) is 2. The second kappa shape index (κ2) is 6.98. The average Bonchev–Trinajstić information content (AvgIpc) is 2.28. The Bertz CT molecular complexity index is 385. The lowest BCUT2D eigenvalue weighted by atomic mass is 9.85. The first kappa shape index (κ1) is 16.1. The predicted molar refractivity (Wildman–Crippen MR) is 83.8 cm³/mol. The number of aryl methyl sites for hydroxylation is 1. The molecule has 1 N–H and O–H groups in total. The van der Waals surface area contributed by atoms with Crippen LogP contribution < -0.4 is 0 Å². The highest BCUT2D eigenvalue weighted by atomic mass is 16.3. The van der Waals surface area contributed by atoms with E-state index < -0.39 is 0 Å². The molecule has 0 radical (unpaired) electrons. The Labute approximate surface area is 119 Å². The van der Waals surface area contributed by atoms with Crippen LogP contribution in [0.5, 0.6) is 5.75 Å². The van der Waals surface area contributed by atoms with Crippen LogP contribution in [0.2, 0.25) is 0 Å². The van der Waals surface area contributed by atoms with Gasteiger partial charge in [-0.05, 0) is 41.4 Å². The number of benzene rings is 1. The number of hydrogen-bond donors (Lipinski definition) is 1. The van der Waals surface area contributed by atoms with E-state index in [9.17, 15) is 5.11 Å². The van der Waals surface area contributed by atoms with Gasteiger partial charge in [-0.25, -0.2) is 0 Å². The number of hydrogen-bond acceptors (Lipinski definition) is 1. The first-order valence-corrected chi connectivity index (χ1v) is 7.63.